The second kappa shape index (κ2) is 10.0. The molecule has 4 unspecified atom stereocenters. The van der Waals surface area contributed by atoms with E-state index in [1.54, 1.807) is 35.2 Å². The number of likely N-dealkylation sites (tertiary alicyclic amines) is 1. The molecule has 3 aliphatic heterocycles. The number of carboxylic acids is 1. The molecule has 8 atom stereocenters. The van der Waals surface area contributed by atoms with E-state index in [0.717, 1.165) is 12.8 Å². The van der Waals surface area contributed by atoms with E-state index in [1.807, 2.05) is 19.9 Å². The summed E-state index contributed by atoms with van der Waals surface area (Å²) in [4.78, 5) is 43.5. The Kier molecular flexibility index (Phi) is 7.41. The fourth-order valence-electron chi connectivity index (χ4n) is 6.35. The molecule has 0 aliphatic carbocycles. The van der Waals surface area contributed by atoms with E-state index in [4.69, 9.17) is 4.74 Å². The number of hydrogen-bond donors (Lipinski definition) is 2. The second-order valence-corrected chi connectivity index (χ2v) is 10.9. The van der Waals surface area contributed by atoms with Crippen molar-refractivity contribution in [2.24, 2.45) is 11.8 Å². The minimum atomic E-state index is -1.29. The maximum absolute atomic E-state index is 14.3. The number of rotatable bonds is 10. The monoisotopic (exact) mass is 548 g/mol. The molecule has 3 heterocycles. The number of aliphatic hydroxyl groups is 1. The molecule has 3 aliphatic rings. The number of fused-ring (bicyclic) bond motifs is 1. The van der Waals surface area contributed by atoms with E-state index >= 15 is 0 Å². The Morgan fingerprint density at radius 2 is 2.06 bits per heavy atom. The Bertz CT molecular complexity index is 989. The highest BCUT2D eigenvalue weighted by atomic mass is 79.9. The van der Waals surface area contributed by atoms with E-state index in [0.29, 0.717) is 12.0 Å². The van der Waals surface area contributed by atoms with Crippen molar-refractivity contribution >= 4 is 33.7 Å². The molecule has 190 valence electrons. The van der Waals surface area contributed by atoms with Crippen molar-refractivity contribution < 1.29 is 29.3 Å². The topological polar surface area (TPSA) is 107 Å². The molecule has 3 saturated heterocycles. The van der Waals surface area contributed by atoms with Crippen LogP contribution in [0.15, 0.2) is 43.0 Å². The van der Waals surface area contributed by atoms with Crippen LogP contribution in [0.3, 0.4) is 0 Å². The fourth-order valence-corrected chi connectivity index (χ4v) is 7.29. The third-order valence-corrected chi connectivity index (χ3v) is 8.63. The van der Waals surface area contributed by atoms with Crippen LogP contribution in [0.25, 0.3) is 0 Å². The van der Waals surface area contributed by atoms with Crippen LogP contribution in [0.2, 0.25) is 0 Å². The van der Waals surface area contributed by atoms with E-state index in [2.05, 4.69) is 22.5 Å². The molecule has 9 heteroatoms. The van der Waals surface area contributed by atoms with E-state index in [-0.39, 0.29) is 23.3 Å². The lowest BCUT2D eigenvalue weighted by molar-refractivity contribution is -0.154. The number of carbonyl (C=O) groups excluding carboxylic acids is 2. The number of nitrogens with zero attached hydrogens (tertiary/aromatic N) is 2. The van der Waals surface area contributed by atoms with Gasteiger partial charge in [-0.05, 0) is 25.3 Å². The Hall–Kier alpha value is -2.23. The fraction of sp³-hybridized carbons (Fsp3) is 0.577. The van der Waals surface area contributed by atoms with Crippen molar-refractivity contribution in [3.05, 3.63) is 48.6 Å². The van der Waals surface area contributed by atoms with Crippen LogP contribution >= 0.6 is 15.9 Å². The molecule has 1 spiro atoms. The number of carbonyl (C=O) groups is 3. The highest BCUT2D eigenvalue weighted by Gasteiger charge is 2.77. The van der Waals surface area contributed by atoms with Gasteiger partial charge < -0.3 is 24.7 Å². The first-order chi connectivity index (χ1) is 16.7. The molecule has 4 rings (SSSR count). The summed E-state index contributed by atoms with van der Waals surface area (Å²) in [5.74, 6) is -3.95. The summed E-state index contributed by atoms with van der Waals surface area (Å²) < 4.78 is 6.36. The van der Waals surface area contributed by atoms with Crippen LogP contribution in [-0.4, -0.2) is 79.6 Å². The number of hydrogen-bond acceptors (Lipinski definition) is 5. The quantitative estimate of drug-likeness (QED) is 0.344. The van der Waals surface area contributed by atoms with Gasteiger partial charge in [-0.15, -0.1) is 6.58 Å². The van der Waals surface area contributed by atoms with E-state index in [1.165, 1.54) is 4.90 Å². The highest BCUT2D eigenvalue weighted by Crippen LogP contribution is 2.61. The van der Waals surface area contributed by atoms with Gasteiger partial charge in [-0.1, -0.05) is 65.7 Å². The number of carboxylic acid groups (broad SMARTS) is 1. The molecular formula is C26H33BrN2O6. The zero-order valence-corrected chi connectivity index (χ0v) is 21.6. The molecular weight excluding hydrogens is 516 g/mol. The SMILES string of the molecule is C=CCN(C(=O)C1N([C@H](CO)c2ccccc2)C(=O)[C@@H]2[C@@H](C(=O)O)[C@@H]3OC12CC3Br)C(C)CCC. The van der Waals surface area contributed by atoms with Gasteiger partial charge >= 0.3 is 5.97 Å². The maximum Gasteiger partial charge on any atom is 0.310 e. The Labute approximate surface area is 214 Å². The molecule has 3 fully saturated rings. The maximum atomic E-state index is 14.3. The lowest BCUT2D eigenvalue weighted by atomic mass is 9.70. The zero-order chi connectivity index (χ0) is 25.5. The third kappa shape index (κ3) is 4.01. The van der Waals surface area contributed by atoms with Crippen LogP contribution < -0.4 is 0 Å². The van der Waals surface area contributed by atoms with Gasteiger partial charge in [0.2, 0.25) is 11.8 Å². The molecule has 1 aromatic rings. The number of halogens is 1. The van der Waals surface area contributed by atoms with Crippen LogP contribution in [0.4, 0.5) is 0 Å². The smallest absolute Gasteiger partial charge is 0.310 e. The van der Waals surface area contributed by atoms with E-state index < -0.39 is 54.1 Å². The average molecular weight is 549 g/mol. The van der Waals surface area contributed by atoms with Gasteiger partial charge in [-0.2, -0.15) is 0 Å². The summed E-state index contributed by atoms with van der Waals surface area (Å²) in [5.41, 5.74) is -0.616. The van der Waals surface area contributed by atoms with Crippen LogP contribution in [0.1, 0.15) is 44.7 Å². The van der Waals surface area contributed by atoms with Gasteiger partial charge in [0.1, 0.15) is 11.6 Å². The number of benzene rings is 1. The molecule has 35 heavy (non-hydrogen) atoms. The van der Waals surface area contributed by atoms with Crippen LogP contribution in [0.5, 0.6) is 0 Å². The van der Waals surface area contributed by atoms with Crippen molar-refractivity contribution in [2.75, 3.05) is 13.2 Å². The summed E-state index contributed by atoms with van der Waals surface area (Å²) in [6.07, 6.45) is 2.92. The standard InChI is InChI=1S/C26H33BrN2O6/c1-4-9-15(3)28(12-5-2)24(32)22-26-13-17(27)21(35-26)19(25(33)34)20(26)23(31)29(22)18(14-30)16-10-7-6-8-11-16/h5-8,10-11,15,17-22,30H,2,4,9,12-14H2,1,3H3,(H,33,34)/t15?,17?,18-,19-,20+,21-,22?,26?/m1/s1. The van der Waals surface area contributed by atoms with Crippen molar-refractivity contribution in [1.82, 2.24) is 9.80 Å². The summed E-state index contributed by atoms with van der Waals surface area (Å²) in [6, 6.07) is 7.04. The van der Waals surface area contributed by atoms with Gasteiger partial charge in [0.25, 0.3) is 0 Å². The number of aliphatic carboxylic acids is 1. The second-order valence-electron chi connectivity index (χ2n) is 9.77. The minimum Gasteiger partial charge on any atom is -0.481 e. The number of alkyl halides is 1. The molecule has 2 bridgehead atoms. The molecule has 1 aromatic carbocycles. The number of amides is 2. The highest BCUT2D eigenvalue weighted by molar-refractivity contribution is 9.09. The lowest BCUT2D eigenvalue weighted by Crippen LogP contribution is -2.58. The third-order valence-electron chi connectivity index (χ3n) is 7.79. The Morgan fingerprint density at radius 3 is 2.63 bits per heavy atom. The molecule has 8 nitrogen and oxygen atoms in total. The van der Waals surface area contributed by atoms with Crippen molar-refractivity contribution in [2.45, 2.75) is 67.8 Å². The minimum absolute atomic E-state index is 0.115. The van der Waals surface area contributed by atoms with E-state index in [9.17, 15) is 24.6 Å². The van der Waals surface area contributed by atoms with Gasteiger partial charge in [0.05, 0.1) is 30.6 Å². The Morgan fingerprint density at radius 1 is 1.37 bits per heavy atom. The number of ether oxygens (including phenoxy) is 1. The van der Waals surface area contributed by atoms with Gasteiger partial charge in [-0.3, -0.25) is 14.4 Å². The molecule has 0 saturated carbocycles. The van der Waals surface area contributed by atoms with Gasteiger partial charge in [0, 0.05) is 17.4 Å². The van der Waals surface area contributed by atoms with Crippen molar-refractivity contribution in [1.29, 1.82) is 0 Å². The largest absolute Gasteiger partial charge is 0.481 e. The summed E-state index contributed by atoms with van der Waals surface area (Å²) in [6.45, 7) is 7.69. The predicted octanol–water partition coefficient (Wildman–Crippen LogP) is 2.76. The molecule has 0 radical (unpaired) electrons. The first-order valence-corrected chi connectivity index (χ1v) is 13.1. The zero-order valence-electron chi connectivity index (χ0n) is 20.0. The van der Waals surface area contributed by atoms with Crippen LogP contribution in [0, 0.1) is 11.8 Å². The average Bonchev–Trinajstić information content (AvgIpc) is 3.42. The summed E-state index contributed by atoms with van der Waals surface area (Å²) >= 11 is 3.56. The Balaban J connectivity index is 1.86. The summed E-state index contributed by atoms with van der Waals surface area (Å²) in [5, 5.41) is 20.5. The number of aliphatic hydroxyl groups excluding tert-OH is 1. The molecule has 0 aromatic heterocycles. The van der Waals surface area contributed by atoms with Gasteiger partial charge in [0.15, 0.2) is 0 Å². The lowest BCUT2D eigenvalue weighted by Gasteiger charge is -2.41. The van der Waals surface area contributed by atoms with Crippen molar-refractivity contribution in [3.63, 3.8) is 0 Å². The predicted molar refractivity (Wildman–Crippen MR) is 133 cm³/mol. The molecule has 2 N–H and O–H groups in total. The molecule has 2 amide bonds. The first-order valence-electron chi connectivity index (χ1n) is 12.2. The summed E-state index contributed by atoms with van der Waals surface area (Å²) in [7, 11) is 0. The normalized spacial score (nSPS) is 32.9. The van der Waals surface area contributed by atoms with Crippen LogP contribution in [-0.2, 0) is 19.1 Å². The van der Waals surface area contributed by atoms with Gasteiger partial charge in [-0.25, -0.2) is 0 Å². The first kappa shape index (κ1) is 25.9. The van der Waals surface area contributed by atoms with Crippen molar-refractivity contribution in [3.8, 4) is 0 Å².